The van der Waals surface area contributed by atoms with Gasteiger partial charge in [0.15, 0.2) is 0 Å². The predicted octanol–water partition coefficient (Wildman–Crippen LogP) is -0.920. The average Bonchev–Trinajstić information content (AvgIpc) is 2.86. The molecule has 7 nitrogen and oxygen atoms in total. The van der Waals surface area contributed by atoms with Gasteiger partial charge in [0, 0.05) is 0 Å². The molecule has 2 amide bonds. The van der Waals surface area contributed by atoms with Crippen LogP contribution in [0.3, 0.4) is 0 Å². The van der Waals surface area contributed by atoms with Crippen molar-refractivity contribution in [3.63, 3.8) is 0 Å². The largest absolute Gasteiger partial charge is 0.480 e. The average molecular weight is 271 g/mol. The van der Waals surface area contributed by atoms with Crippen LogP contribution in [0.5, 0.6) is 0 Å². The molecule has 4 N–H and O–H groups in total. The number of hydrogen-bond acceptors (Lipinski definition) is 4. The zero-order chi connectivity index (χ0) is 14.4. The van der Waals surface area contributed by atoms with Crippen molar-refractivity contribution in [1.82, 2.24) is 16.0 Å². The van der Waals surface area contributed by atoms with Crippen LogP contribution in [-0.4, -0.2) is 48.1 Å². The summed E-state index contributed by atoms with van der Waals surface area (Å²) in [6, 6.07) is -0.970. The van der Waals surface area contributed by atoms with Gasteiger partial charge in [0.2, 0.25) is 11.8 Å². The third kappa shape index (κ3) is 4.86. The highest BCUT2D eigenvalue weighted by molar-refractivity contribution is 5.91. The Labute approximate surface area is 112 Å². The Morgan fingerprint density at radius 2 is 2.05 bits per heavy atom. The first kappa shape index (κ1) is 15.4. The maximum atomic E-state index is 11.9. The molecule has 1 saturated heterocycles. The fourth-order valence-electron chi connectivity index (χ4n) is 1.97. The summed E-state index contributed by atoms with van der Waals surface area (Å²) in [5, 5.41) is 16.5. The van der Waals surface area contributed by atoms with E-state index >= 15 is 0 Å². The van der Waals surface area contributed by atoms with Gasteiger partial charge in [0.05, 0.1) is 6.04 Å². The standard InChI is InChI=1S/C12H21N3O4/c1-7(2)10(12(19)14-6-9(16)17)15-11(18)8-4-3-5-13-8/h7-8,10,13H,3-6H2,1-2H3,(H,14,19)(H,15,18)(H,16,17). The fraction of sp³-hybridized carbons (Fsp3) is 0.750. The summed E-state index contributed by atoms with van der Waals surface area (Å²) in [6.07, 6.45) is 1.70. The number of carboxylic acid groups (broad SMARTS) is 1. The van der Waals surface area contributed by atoms with Crippen LogP contribution in [0.1, 0.15) is 26.7 Å². The molecule has 108 valence electrons. The van der Waals surface area contributed by atoms with Crippen LogP contribution in [0.15, 0.2) is 0 Å². The number of amides is 2. The predicted molar refractivity (Wildman–Crippen MR) is 68.4 cm³/mol. The molecule has 1 aliphatic heterocycles. The fourth-order valence-corrected chi connectivity index (χ4v) is 1.97. The molecule has 19 heavy (non-hydrogen) atoms. The minimum absolute atomic E-state index is 0.112. The van der Waals surface area contributed by atoms with Crippen LogP contribution < -0.4 is 16.0 Å². The molecule has 0 aromatic rings. The molecule has 0 radical (unpaired) electrons. The molecule has 0 aromatic heterocycles. The van der Waals surface area contributed by atoms with Crippen molar-refractivity contribution in [3.8, 4) is 0 Å². The number of aliphatic carboxylic acids is 1. The summed E-state index contributed by atoms with van der Waals surface area (Å²) in [6.45, 7) is 3.95. The van der Waals surface area contributed by atoms with Gasteiger partial charge in [-0.2, -0.15) is 0 Å². The first-order chi connectivity index (χ1) is 8.91. The molecule has 0 saturated carbocycles. The Hall–Kier alpha value is -1.63. The van der Waals surface area contributed by atoms with Gasteiger partial charge in [-0.3, -0.25) is 14.4 Å². The van der Waals surface area contributed by atoms with E-state index in [9.17, 15) is 14.4 Å². The van der Waals surface area contributed by atoms with E-state index in [-0.39, 0.29) is 17.9 Å². The lowest BCUT2D eigenvalue weighted by Gasteiger charge is -2.23. The second-order valence-corrected chi connectivity index (χ2v) is 4.99. The molecule has 0 bridgehead atoms. The Kier molecular flexibility index (Phi) is 5.75. The van der Waals surface area contributed by atoms with E-state index < -0.39 is 24.5 Å². The van der Waals surface area contributed by atoms with Crippen LogP contribution in [0.25, 0.3) is 0 Å². The van der Waals surface area contributed by atoms with Gasteiger partial charge < -0.3 is 21.1 Å². The van der Waals surface area contributed by atoms with Crippen LogP contribution in [0.4, 0.5) is 0 Å². The van der Waals surface area contributed by atoms with Crippen LogP contribution in [0, 0.1) is 5.92 Å². The normalized spacial score (nSPS) is 20.1. The lowest BCUT2D eigenvalue weighted by atomic mass is 10.0. The molecule has 1 heterocycles. The van der Waals surface area contributed by atoms with Crippen molar-refractivity contribution < 1.29 is 19.5 Å². The van der Waals surface area contributed by atoms with Crippen molar-refractivity contribution in [1.29, 1.82) is 0 Å². The number of carbonyl (C=O) groups excluding carboxylic acids is 2. The Bertz CT molecular complexity index is 351. The van der Waals surface area contributed by atoms with Gasteiger partial charge in [-0.15, -0.1) is 0 Å². The van der Waals surface area contributed by atoms with Crippen LogP contribution in [-0.2, 0) is 14.4 Å². The van der Waals surface area contributed by atoms with Crippen molar-refractivity contribution >= 4 is 17.8 Å². The maximum Gasteiger partial charge on any atom is 0.322 e. The van der Waals surface area contributed by atoms with E-state index in [4.69, 9.17) is 5.11 Å². The Balaban J connectivity index is 2.53. The van der Waals surface area contributed by atoms with Gasteiger partial charge in [0.25, 0.3) is 0 Å². The first-order valence-electron chi connectivity index (χ1n) is 6.45. The van der Waals surface area contributed by atoms with E-state index in [0.717, 1.165) is 19.4 Å². The number of carboxylic acids is 1. The number of rotatable bonds is 6. The molecule has 7 heteroatoms. The quantitative estimate of drug-likeness (QED) is 0.500. The van der Waals surface area contributed by atoms with Crippen molar-refractivity contribution in [3.05, 3.63) is 0 Å². The van der Waals surface area contributed by atoms with Crippen LogP contribution in [0.2, 0.25) is 0 Å². The highest BCUT2D eigenvalue weighted by atomic mass is 16.4. The zero-order valence-corrected chi connectivity index (χ0v) is 11.2. The van der Waals surface area contributed by atoms with E-state index in [1.165, 1.54) is 0 Å². The number of nitrogens with one attached hydrogen (secondary N) is 3. The Morgan fingerprint density at radius 3 is 2.53 bits per heavy atom. The lowest BCUT2D eigenvalue weighted by Crippen LogP contribution is -2.54. The summed E-state index contributed by atoms with van der Waals surface area (Å²) in [5.74, 6) is -1.90. The van der Waals surface area contributed by atoms with Crippen molar-refractivity contribution in [2.75, 3.05) is 13.1 Å². The van der Waals surface area contributed by atoms with Gasteiger partial charge in [-0.05, 0) is 25.3 Å². The molecule has 0 aromatic carbocycles. The number of hydrogen-bond donors (Lipinski definition) is 4. The molecule has 2 atom stereocenters. The van der Waals surface area contributed by atoms with Gasteiger partial charge in [0.1, 0.15) is 12.6 Å². The summed E-state index contributed by atoms with van der Waals surface area (Å²) < 4.78 is 0. The molecule has 0 aliphatic carbocycles. The second kappa shape index (κ2) is 7.08. The first-order valence-corrected chi connectivity index (χ1v) is 6.45. The van der Waals surface area contributed by atoms with Gasteiger partial charge in [-0.1, -0.05) is 13.8 Å². The highest BCUT2D eigenvalue weighted by Gasteiger charge is 2.29. The summed E-state index contributed by atoms with van der Waals surface area (Å²) in [4.78, 5) is 34.2. The Morgan fingerprint density at radius 1 is 1.37 bits per heavy atom. The summed E-state index contributed by atoms with van der Waals surface area (Å²) in [5.41, 5.74) is 0. The minimum atomic E-state index is -1.11. The van der Waals surface area contributed by atoms with Gasteiger partial charge >= 0.3 is 5.97 Å². The maximum absolute atomic E-state index is 11.9. The summed E-state index contributed by atoms with van der Waals surface area (Å²) in [7, 11) is 0. The zero-order valence-electron chi connectivity index (χ0n) is 11.2. The summed E-state index contributed by atoms with van der Waals surface area (Å²) >= 11 is 0. The van der Waals surface area contributed by atoms with E-state index in [1.54, 1.807) is 13.8 Å². The van der Waals surface area contributed by atoms with Crippen LogP contribution >= 0.6 is 0 Å². The molecular weight excluding hydrogens is 250 g/mol. The third-order valence-corrected chi connectivity index (χ3v) is 3.04. The second-order valence-electron chi connectivity index (χ2n) is 4.99. The van der Waals surface area contributed by atoms with E-state index in [1.807, 2.05) is 0 Å². The van der Waals surface area contributed by atoms with E-state index in [2.05, 4.69) is 16.0 Å². The van der Waals surface area contributed by atoms with Crippen molar-refractivity contribution in [2.24, 2.45) is 5.92 Å². The number of carbonyl (C=O) groups is 3. The SMILES string of the molecule is CC(C)C(NC(=O)C1CCCN1)C(=O)NCC(=O)O. The third-order valence-electron chi connectivity index (χ3n) is 3.04. The minimum Gasteiger partial charge on any atom is -0.480 e. The molecule has 1 rings (SSSR count). The van der Waals surface area contributed by atoms with Gasteiger partial charge in [-0.25, -0.2) is 0 Å². The molecule has 2 unspecified atom stereocenters. The van der Waals surface area contributed by atoms with Crippen molar-refractivity contribution in [2.45, 2.75) is 38.8 Å². The topological polar surface area (TPSA) is 108 Å². The highest BCUT2D eigenvalue weighted by Crippen LogP contribution is 2.07. The smallest absolute Gasteiger partial charge is 0.322 e. The monoisotopic (exact) mass is 271 g/mol. The molecule has 0 spiro atoms. The van der Waals surface area contributed by atoms with E-state index in [0.29, 0.717) is 0 Å². The molecular formula is C12H21N3O4. The molecule has 1 aliphatic rings. The molecule has 1 fully saturated rings. The lowest BCUT2D eigenvalue weighted by molar-refractivity contribution is -0.138.